The first kappa shape index (κ1) is 17.3. The molecule has 1 aliphatic rings. The number of benzene rings is 1. The zero-order chi connectivity index (χ0) is 17.9. The van der Waals surface area contributed by atoms with Crippen molar-refractivity contribution >= 4 is 0 Å². The van der Waals surface area contributed by atoms with Crippen LogP contribution in [0.25, 0.3) is 0 Å². The molecular weight excluding hydrogens is 337 g/mol. The summed E-state index contributed by atoms with van der Waals surface area (Å²) in [6.45, 7) is 1.35. The van der Waals surface area contributed by atoms with Crippen LogP contribution in [-0.2, 0) is 5.11 Å². The first-order chi connectivity index (χ1) is 11.9. The number of alkyl halides is 3. The predicted octanol–water partition coefficient (Wildman–Crippen LogP) is 3.65. The van der Waals surface area contributed by atoms with Gasteiger partial charge in [0.2, 0.25) is 0 Å². The number of aromatic nitrogens is 1. The van der Waals surface area contributed by atoms with Crippen molar-refractivity contribution in [3.63, 3.8) is 0 Å². The van der Waals surface area contributed by atoms with Gasteiger partial charge in [0.05, 0.1) is 11.6 Å². The van der Waals surface area contributed by atoms with Crippen molar-refractivity contribution in [1.29, 1.82) is 0 Å². The Labute approximate surface area is 142 Å². The fourth-order valence-corrected chi connectivity index (χ4v) is 2.80. The number of nitrogens with zero attached hydrogens (tertiary/aromatic N) is 1. The molecule has 1 fully saturated rings. The molecule has 133 valence electrons. The summed E-state index contributed by atoms with van der Waals surface area (Å²) in [5.74, 6) is -0.295. The topological polar surface area (TPSA) is 63.3 Å². The van der Waals surface area contributed by atoms with Crippen molar-refractivity contribution in [3.8, 4) is 17.4 Å². The molecule has 5 nitrogen and oxygen atoms in total. The smallest absolute Gasteiger partial charge is 0.490 e. The van der Waals surface area contributed by atoms with E-state index in [0.29, 0.717) is 24.4 Å². The number of piperidine rings is 1. The van der Waals surface area contributed by atoms with E-state index >= 15 is 0 Å². The van der Waals surface area contributed by atoms with Gasteiger partial charge in [0.25, 0.3) is 5.88 Å². The van der Waals surface area contributed by atoms with Gasteiger partial charge in [0.1, 0.15) is 17.6 Å². The third-order valence-electron chi connectivity index (χ3n) is 3.89. The highest BCUT2D eigenvalue weighted by atomic mass is 19.4. The summed E-state index contributed by atoms with van der Waals surface area (Å²) in [5.41, 5.74) is 0.640. The maximum Gasteiger partial charge on any atom is 0.573 e. The summed E-state index contributed by atoms with van der Waals surface area (Å²) >= 11 is 0. The standard InChI is InChI=1S/C17H16F3N2O3/c18-17(19,20)25-12-6-4-11(5-7-12)24-15-8-9-21-10-13(15)14-2-1-3-16(23)22-14/h1-7,13,15,21H,8-10H2. The summed E-state index contributed by atoms with van der Waals surface area (Å²) in [7, 11) is 0. The fraction of sp³-hybridized carbons (Fsp3) is 0.353. The number of hydrogen-bond acceptors (Lipinski definition) is 4. The van der Waals surface area contributed by atoms with E-state index in [2.05, 4.69) is 15.0 Å². The monoisotopic (exact) mass is 353 g/mol. The van der Waals surface area contributed by atoms with Gasteiger partial charge in [-0.25, -0.2) is 4.98 Å². The lowest BCUT2D eigenvalue weighted by molar-refractivity contribution is -0.274. The quantitative estimate of drug-likeness (QED) is 0.911. The Kier molecular flexibility index (Phi) is 4.98. The predicted molar refractivity (Wildman–Crippen MR) is 82.1 cm³/mol. The molecule has 0 bridgehead atoms. The van der Waals surface area contributed by atoms with Crippen molar-refractivity contribution in [2.75, 3.05) is 13.1 Å². The molecule has 2 atom stereocenters. The first-order valence-electron chi connectivity index (χ1n) is 7.78. The van der Waals surface area contributed by atoms with Crippen molar-refractivity contribution in [1.82, 2.24) is 10.3 Å². The second-order valence-corrected chi connectivity index (χ2v) is 5.68. The molecule has 2 heterocycles. The Morgan fingerprint density at radius 2 is 1.80 bits per heavy atom. The minimum atomic E-state index is -4.72. The molecule has 3 rings (SSSR count). The molecule has 0 spiro atoms. The van der Waals surface area contributed by atoms with E-state index < -0.39 is 6.36 Å². The summed E-state index contributed by atoms with van der Waals surface area (Å²) in [4.78, 5) is 4.02. The number of rotatable bonds is 4. The molecule has 0 saturated carbocycles. The van der Waals surface area contributed by atoms with Crippen LogP contribution in [0.1, 0.15) is 18.0 Å². The fourth-order valence-electron chi connectivity index (χ4n) is 2.80. The van der Waals surface area contributed by atoms with Crippen molar-refractivity contribution in [2.24, 2.45) is 0 Å². The van der Waals surface area contributed by atoms with Gasteiger partial charge in [-0.1, -0.05) is 6.07 Å². The molecular formula is C17H16F3N2O3. The van der Waals surface area contributed by atoms with Crippen LogP contribution in [0.5, 0.6) is 17.4 Å². The van der Waals surface area contributed by atoms with Crippen LogP contribution in [0.3, 0.4) is 0 Å². The van der Waals surface area contributed by atoms with E-state index in [0.717, 1.165) is 6.54 Å². The Balaban J connectivity index is 1.71. The summed E-state index contributed by atoms with van der Waals surface area (Å²) < 4.78 is 46.3. The maximum absolute atomic E-state index is 12.2. The van der Waals surface area contributed by atoms with Crippen LogP contribution in [0.15, 0.2) is 42.5 Å². The maximum atomic E-state index is 12.2. The average Bonchev–Trinajstić information content (AvgIpc) is 2.56. The largest absolute Gasteiger partial charge is 0.573 e. The molecule has 2 unspecified atom stereocenters. The van der Waals surface area contributed by atoms with Crippen LogP contribution >= 0.6 is 0 Å². The van der Waals surface area contributed by atoms with E-state index in [-0.39, 0.29) is 23.7 Å². The number of nitrogens with one attached hydrogen (secondary N) is 1. The molecule has 0 amide bonds. The third kappa shape index (κ3) is 4.76. The lowest BCUT2D eigenvalue weighted by atomic mass is 9.92. The first-order valence-corrected chi connectivity index (χ1v) is 7.78. The van der Waals surface area contributed by atoms with Crippen LogP contribution in [0.2, 0.25) is 0 Å². The van der Waals surface area contributed by atoms with Gasteiger partial charge >= 0.3 is 6.36 Å². The summed E-state index contributed by atoms with van der Waals surface area (Å²) in [6.07, 6.45) is -4.27. The molecule has 1 aliphatic heterocycles. The normalized spacial score (nSPS) is 20.9. The van der Waals surface area contributed by atoms with E-state index in [1.807, 2.05) is 0 Å². The molecule has 8 heteroatoms. The van der Waals surface area contributed by atoms with Gasteiger partial charge in [0, 0.05) is 12.6 Å². The molecule has 1 aromatic carbocycles. The molecule has 0 aliphatic carbocycles. The average molecular weight is 353 g/mol. The van der Waals surface area contributed by atoms with Gasteiger partial charge in [-0.3, -0.25) is 5.11 Å². The summed E-state index contributed by atoms with van der Waals surface area (Å²) in [6, 6.07) is 10.1. The molecule has 1 aromatic heterocycles. The second-order valence-electron chi connectivity index (χ2n) is 5.68. The second kappa shape index (κ2) is 7.18. The van der Waals surface area contributed by atoms with E-state index in [4.69, 9.17) is 4.74 Å². The highest BCUT2D eigenvalue weighted by molar-refractivity contribution is 5.32. The number of pyridine rings is 1. The SMILES string of the molecule is [O]c1cccc(C2CNCCC2Oc2ccc(OC(F)(F)F)cc2)n1. The third-order valence-corrected chi connectivity index (χ3v) is 3.89. The van der Waals surface area contributed by atoms with Crippen molar-refractivity contribution < 1.29 is 27.8 Å². The zero-order valence-electron chi connectivity index (χ0n) is 13.1. The van der Waals surface area contributed by atoms with Gasteiger partial charge in [-0.15, -0.1) is 13.2 Å². The van der Waals surface area contributed by atoms with Crippen LogP contribution < -0.4 is 14.8 Å². The Hall–Kier alpha value is -2.48. The number of halogens is 3. The highest BCUT2D eigenvalue weighted by Crippen LogP contribution is 2.30. The van der Waals surface area contributed by atoms with Crippen LogP contribution in [-0.4, -0.2) is 30.5 Å². The van der Waals surface area contributed by atoms with Crippen LogP contribution in [0, 0.1) is 0 Å². The van der Waals surface area contributed by atoms with Crippen molar-refractivity contribution in [2.45, 2.75) is 24.8 Å². The Bertz CT molecular complexity index is 707. The molecule has 1 radical (unpaired) electrons. The minimum absolute atomic E-state index is 0.117. The lowest BCUT2D eigenvalue weighted by Crippen LogP contribution is -2.41. The highest BCUT2D eigenvalue weighted by Gasteiger charge is 2.31. The molecule has 2 aromatic rings. The molecule has 1 N–H and O–H groups in total. The van der Waals surface area contributed by atoms with Gasteiger partial charge in [-0.05, 0) is 43.3 Å². The van der Waals surface area contributed by atoms with Crippen molar-refractivity contribution in [3.05, 3.63) is 48.2 Å². The van der Waals surface area contributed by atoms with E-state index in [1.165, 1.54) is 30.3 Å². The van der Waals surface area contributed by atoms with Crippen LogP contribution in [0.4, 0.5) is 13.2 Å². The van der Waals surface area contributed by atoms with Gasteiger partial charge in [0.15, 0.2) is 0 Å². The van der Waals surface area contributed by atoms with Gasteiger partial charge in [-0.2, -0.15) is 0 Å². The Morgan fingerprint density at radius 1 is 1.08 bits per heavy atom. The number of ether oxygens (including phenoxy) is 2. The zero-order valence-corrected chi connectivity index (χ0v) is 13.1. The Morgan fingerprint density at radius 3 is 2.48 bits per heavy atom. The molecule has 25 heavy (non-hydrogen) atoms. The van der Waals surface area contributed by atoms with E-state index in [1.54, 1.807) is 12.1 Å². The summed E-state index contributed by atoms with van der Waals surface area (Å²) in [5, 5.41) is 14.7. The lowest BCUT2D eigenvalue weighted by Gasteiger charge is -2.32. The minimum Gasteiger partial charge on any atom is -0.490 e. The van der Waals surface area contributed by atoms with Gasteiger partial charge < -0.3 is 14.8 Å². The molecule has 1 saturated heterocycles. The number of hydrogen-bond donors (Lipinski definition) is 1. The van der Waals surface area contributed by atoms with E-state index in [9.17, 15) is 18.3 Å².